The third kappa shape index (κ3) is 2.65. The summed E-state index contributed by atoms with van der Waals surface area (Å²) in [5.74, 6) is 1.18. The van der Waals surface area contributed by atoms with E-state index in [1.54, 1.807) is 0 Å². The highest BCUT2D eigenvalue weighted by Crippen LogP contribution is 2.29. The number of halogens is 1. The average Bonchev–Trinajstić information content (AvgIpc) is 2.29. The molecule has 2 rings (SSSR count). The molecule has 1 aliphatic rings. The Morgan fingerprint density at radius 2 is 2.38 bits per heavy atom. The number of benzene rings is 1. The van der Waals surface area contributed by atoms with Gasteiger partial charge in [0.25, 0.3) is 0 Å². The predicted molar refractivity (Wildman–Crippen MR) is 73.5 cm³/mol. The number of thioether (sulfide) groups is 1. The molecule has 1 aromatic rings. The van der Waals surface area contributed by atoms with Crippen molar-refractivity contribution in [1.29, 1.82) is 0 Å². The van der Waals surface area contributed by atoms with E-state index in [1.165, 1.54) is 17.0 Å². The largest absolute Gasteiger partial charge is 0.369 e. The van der Waals surface area contributed by atoms with Crippen molar-refractivity contribution in [3.63, 3.8) is 0 Å². The summed E-state index contributed by atoms with van der Waals surface area (Å²) in [4.78, 5) is 2.40. The first-order valence-electron chi connectivity index (χ1n) is 5.55. The second kappa shape index (κ2) is 5.30. The van der Waals surface area contributed by atoms with Gasteiger partial charge in [0, 0.05) is 41.3 Å². The van der Waals surface area contributed by atoms with Gasteiger partial charge in [0.15, 0.2) is 0 Å². The van der Waals surface area contributed by atoms with E-state index in [1.807, 2.05) is 30.0 Å². The third-order valence-electron chi connectivity index (χ3n) is 2.85. The summed E-state index contributed by atoms with van der Waals surface area (Å²) in [7, 11) is 0. The summed E-state index contributed by atoms with van der Waals surface area (Å²) in [5.41, 5.74) is 8.16. The lowest BCUT2D eigenvalue weighted by Crippen LogP contribution is -2.37. The van der Waals surface area contributed by atoms with Crippen molar-refractivity contribution in [2.45, 2.75) is 18.7 Å². The number of hydrogen-bond donors (Lipinski definition) is 1. The molecule has 4 heteroatoms. The molecule has 1 aromatic carbocycles. The maximum absolute atomic E-state index is 6.06. The van der Waals surface area contributed by atoms with Crippen LogP contribution in [0.2, 0.25) is 5.02 Å². The van der Waals surface area contributed by atoms with Crippen LogP contribution in [0.15, 0.2) is 18.2 Å². The van der Waals surface area contributed by atoms with Gasteiger partial charge in [-0.1, -0.05) is 24.6 Å². The second-order valence-corrected chi connectivity index (χ2v) is 6.09. The van der Waals surface area contributed by atoms with Gasteiger partial charge in [-0.2, -0.15) is 11.8 Å². The van der Waals surface area contributed by atoms with Gasteiger partial charge < -0.3 is 10.6 Å². The van der Waals surface area contributed by atoms with E-state index in [4.69, 9.17) is 17.3 Å². The molecule has 16 heavy (non-hydrogen) atoms. The maximum atomic E-state index is 6.06. The van der Waals surface area contributed by atoms with Crippen LogP contribution in [-0.2, 0) is 6.54 Å². The Kier molecular flexibility index (Phi) is 4.00. The van der Waals surface area contributed by atoms with Gasteiger partial charge in [0.2, 0.25) is 0 Å². The number of nitrogens with zero attached hydrogens (tertiary/aromatic N) is 1. The molecular weight excluding hydrogens is 240 g/mol. The van der Waals surface area contributed by atoms with Crippen LogP contribution in [0, 0.1) is 0 Å². The van der Waals surface area contributed by atoms with Crippen LogP contribution >= 0.6 is 23.4 Å². The molecular formula is C12H17ClN2S. The molecule has 0 aromatic heterocycles. The van der Waals surface area contributed by atoms with Crippen LogP contribution in [0.25, 0.3) is 0 Å². The summed E-state index contributed by atoms with van der Waals surface area (Å²) in [6.07, 6.45) is 0. The molecule has 2 nitrogen and oxygen atoms in total. The lowest BCUT2D eigenvalue weighted by atomic mass is 10.1. The molecule has 1 fully saturated rings. The highest BCUT2D eigenvalue weighted by molar-refractivity contribution is 8.00. The summed E-state index contributed by atoms with van der Waals surface area (Å²) >= 11 is 8.08. The van der Waals surface area contributed by atoms with E-state index in [0.717, 1.165) is 18.1 Å². The minimum absolute atomic E-state index is 0.574. The standard InChI is InChI=1S/C12H17ClN2S/c1-9-8-15(4-5-16-9)12-6-11(13)3-2-10(12)7-14/h2-3,6,9H,4-5,7-8,14H2,1H3. The van der Waals surface area contributed by atoms with E-state index < -0.39 is 0 Å². The average molecular weight is 257 g/mol. The molecule has 0 aliphatic carbocycles. The van der Waals surface area contributed by atoms with Crippen molar-refractivity contribution in [2.24, 2.45) is 5.73 Å². The normalized spacial score (nSPS) is 21.2. The number of nitrogens with two attached hydrogens (primary N) is 1. The van der Waals surface area contributed by atoms with Crippen LogP contribution in [-0.4, -0.2) is 24.1 Å². The molecule has 1 heterocycles. The van der Waals surface area contributed by atoms with Crippen LogP contribution in [0.4, 0.5) is 5.69 Å². The Bertz CT molecular complexity index is 370. The van der Waals surface area contributed by atoms with Crippen molar-refractivity contribution in [2.75, 3.05) is 23.7 Å². The van der Waals surface area contributed by atoms with Crippen LogP contribution in [0.3, 0.4) is 0 Å². The molecule has 1 saturated heterocycles. The second-order valence-electron chi connectivity index (χ2n) is 4.10. The van der Waals surface area contributed by atoms with E-state index >= 15 is 0 Å². The quantitative estimate of drug-likeness (QED) is 0.882. The molecule has 0 radical (unpaired) electrons. The SMILES string of the molecule is CC1CN(c2cc(Cl)ccc2CN)CCS1. The number of anilines is 1. The molecule has 0 spiro atoms. The molecule has 0 amide bonds. The highest BCUT2D eigenvalue weighted by atomic mass is 35.5. The van der Waals surface area contributed by atoms with Gasteiger partial charge >= 0.3 is 0 Å². The molecule has 1 atom stereocenters. The smallest absolute Gasteiger partial charge is 0.0427 e. The first-order chi connectivity index (χ1) is 7.70. The van der Waals surface area contributed by atoms with Crippen molar-refractivity contribution in [3.05, 3.63) is 28.8 Å². The zero-order chi connectivity index (χ0) is 11.5. The Labute approximate surface area is 106 Å². The van der Waals surface area contributed by atoms with E-state index in [-0.39, 0.29) is 0 Å². The van der Waals surface area contributed by atoms with Gasteiger partial charge in [-0.15, -0.1) is 0 Å². The minimum Gasteiger partial charge on any atom is -0.369 e. The molecule has 0 saturated carbocycles. The zero-order valence-corrected chi connectivity index (χ0v) is 11.0. The fourth-order valence-corrected chi connectivity index (χ4v) is 3.22. The third-order valence-corrected chi connectivity index (χ3v) is 4.22. The van der Waals surface area contributed by atoms with E-state index in [2.05, 4.69) is 11.8 Å². The van der Waals surface area contributed by atoms with Gasteiger partial charge in [0.1, 0.15) is 0 Å². The Morgan fingerprint density at radius 3 is 3.06 bits per heavy atom. The van der Waals surface area contributed by atoms with E-state index in [9.17, 15) is 0 Å². The maximum Gasteiger partial charge on any atom is 0.0427 e. The van der Waals surface area contributed by atoms with Gasteiger partial charge in [-0.05, 0) is 17.7 Å². The first kappa shape index (κ1) is 12.1. The molecule has 88 valence electrons. The van der Waals surface area contributed by atoms with Crippen molar-refractivity contribution < 1.29 is 0 Å². The van der Waals surface area contributed by atoms with Crippen LogP contribution in [0.1, 0.15) is 12.5 Å². The predicted octanol–water partition coefficient (Wildman–Crippen LogP) is 2.74. The molecule has 1 aliphatic heterocycles. The van der Waals surface area contributed by atoms with Crippen molar-refractivity contribution in [1.82, 2.24) is 0 Å². The molecule has 2 N–H and O–H groups in total. The topological polar surface area (TPSA) is 29.3 Å². The zero-order valence-electron chi connectivity index (χ0n) is 9.45. The summed E-state index contributed by atoms with van der Waals surface area (Å²) < 4.78 is 0. The van der Waals surface area contributed by atoms with Crippen LogP contribution in [0.5, 0.6) is 0 Å². The van der Waals surface area contributed by atoms with Gasteiger partial charge in [-0.3, -0.25) is 0 Å². The molecule has 1 unspecified atom stereocenters. The summed E-state index contributed by atoms with van der Waals surface area (Å²) in [6.45, 7) is 5.01. The Hall–Kier alpha value is -0.380. The van der Waals surface area contributed by atoms with E-state index in [0.29, 0.717) is 11.8 Å². The van der Waals surface area contributed by atoms with Crippen molar-refractivity contribution in [3.8, 4) is 0 Å². The Balaban J connectivity index is 2.26. The Morgan fingerprint density at radius 1 is 1.56 bits per heavy atom. The van der Waals surface area contributed by atoms with Crippen molar-refractivity contribution >= 4 is 29.1 Å². The molecule has 0 bridgehead atoms. The fourth-order valence-electron chi connectivity index (χ4n) is 2.04. The summed E-state index contributed by atoms with van der Waals surface area (Å²) in [5, 5.41) is 1.47. The number of rotatable bonds is 2. The lowest BCUT2D eigenvalue weighted by Gasteiger charge is -2.33. The number of hydrogen-bond acceptors (Lipinski definition) is 3. The monoisotopic (exact) mass is 256 g/mol. The van der Waals surface area contributed by atoms with Gasteiger partial charge in [-0.25, -0.2) is 0 Å². The lowest BCUT2D eigenvalue weighted by molar-refractivity contribution is 0.776. The summed E-state index contributed by atoms with van der Waals surface area (Å²) in [6, 6.07) is 5.98. The van der Waals surface area contributed by atoms with Gasteiger partial charge in [0.05, 0.1) is 0 Å². The minimum atomic E-state index is 0.574. The first-order valence-corrected chi connectivity index (χ1v) is 6.98. The highest BCUT2D eigenvalue weighted by Gasteiger charge is 2.19. The fraction of sp³-hybridized carbons (Fsp3) is 0.500. The van der Waals surface area contributed by atoms with Crippen LogP contribution < -0.4 is 10.6 Å².